The van der Waals surface area contributed by atoms with Crippen LogP contribution in [0.15, 0.2) is 18.2 Å². The highest BCUT2D eigenvalue weighted by Crippen LogP contribution is 2.21. The molecule has 1 saturated heterocycles. The average Bonchev–Trinajstić information content (AvgIpc) is 2.40. The Labute approximate surface area is 125 Å². The fraction of sp³-hybridized carbons (Fsp3) is 0.462. The van der Waals surface area contributed by atoms with Crippen LogP contribution in [0.4, 0.5) is 18.9 Å². The van der Waals surface area contributed by atoms with E-state index in [2.05, 4.69) is 0 Å². The van der Waals surface area contributed by atoms with Crippen LogP contribution in [0.3, 0.4) is 0 Å². The first kappa shape index (κ1) is 15.9. The van der Waals surface area contributed by atoms with Gasteiger partial charge >= 0.3 is 6.18 Å². The Balaban J connectivity index is 1.95. The highest BCUT2D eigenvalue weighted by atomic mass is 35.5. The van der Waals surface area contributed by atoms with Crippen LogP contribution in [-0.2, 0) is 0 Å². The predicted octanol–water partition coefficient (Wildman–Crippen LogP) is 2.24. The smallest absolute Gasteiger partial charge is 0.398 e. The van der Waals surface area contributed by atoms with Crippen molar-refractivity contribution in [3.63, 3.8) is 0 Å². The minimum absolute atomic E-state index is 0.203. The van der Waals surface area contributed by atoms with E-state index in [4.69, 9.17) is 17.3 Å². The molecule has 0 saturated carbocycles. The van der Waals surface area contributed by atoms with Crippen LogP contribution < -0.4 is 5.73 Å². The number of anilines is 1. The molecule has 21 heavy (non-hydrogen) atoms. The zero-order valence-electron chi connectivity index (χ0n) is 11.2. The molecule has 1 aliphatic rings. The monoisotopic (exact) mass is 321 g/mol. The quantitative estimate of drug-likeness (QED) is 0.850. The third-order valence-corrected chi connectivity index (χ3v) is 3.65. The Morgan fingerprint density at radius 3 is 2.38 bits per heavy atom. The van der Waals surface area contributed by atoms with E-state index in [1.54, 1.807) is 6.07 Å². The second kappa shape index (κ2) is 6.11. The first-order chi connectivity index (χ1) is 9.76. The second-order valence-corrected chi connectivity index (χ2v) is 5.33. The van der Waals surface area contributed by atoms with E-state index in [1.165, 1.54) is 21.9 Å². The van der Waals surface area contributed by atoms with Gasteiger partial charge in [0.2, 0.25) is 0 Å². The van der Waals surface area contributed by atoms with Crippen molar-refractivity contribution in [3.8, 4) is 0 Å². The number of nitrogen functional groups attached to an aromatic ring is 1. The number of amides is 1. The van der Waals surface area contributed by atoms with Crippen LogP contribution in [0.5, 0.6) is 0 Å². The summed E-state index contributed by atoms with van der Waals surface area (Å²) >= 11 is 5.79. The zero-order valence-corrected chi connectivity index (χ0v) is 11.9. The molecule has 4 nitrogen and oxygen atoms in total. The normalized spacial score (nSPS) is 17.0. The molecule has 0 unspecified atom stereocenters. The Bertz CT molecular complexity index is 528. The minimum atomic E-state index is -4.21. The van der Waals surface area contributed by atoms with Gasteiger partial charge in [-0.2, -0.15) is 13.2 Å². The van der Waals surface area contributed by atoms with E-state index >= 15 is 0 Å². The van der Waals surface area contributed by atoms with Gasteiger partial charge in [-0.3, -0.25) is 9.69 Å². The summed E-state index contributed by atoms with van der Waals surface area (Å²) in [4.78, 5) is 15.1. The first-order valence-electron chi connectivity index (χ1n) is 6.40. The zero-order chi connectivity index (χ0) is 15.6. The van der Waals surface area contributed by atoms with Crippen molar-refractivity contribution in [1.29, 1.82) is 0 Å². The van der Waals surface area contributed by atoms with Gasteiger partial charge in [-0.15, -0.1) is 0 Å². The number of nitrogens with zero attached hydrogens (tertiary/aromatic N) is 2. The van der Waals surface area contributed by atoms with E-state index < -0.39 is 12.7 Å². The van der Waals surface area contributed by atoms with Gasteiger partial charge in [0.25, 0.3) is 5.91 Å². The van der Waals surface area contributed by atoms with Crippen LogP contribution in [-0.4, -0.2) is 54.6 Å². The average molecular weight is 322 g/mol. The third kappa shape index (κ3) is 4.25. The number of benzene rings is 1. The molecule has 0 aliphatic carbocycles. The SMILES string of the molecule is Nc1cc(C(=O)N2CCN(CC(F)(F)F)CC2)ccc1Cl. The van der Waals surface area contributed by atoms with Crippen molar-refractivity contribution in [1.82, 2.24) is 9.80 Å². The van der Waals surface area contributed by atoms with Crippen LogP contribution in [0, 0.1) is 0 Å². The highest BCUT2D eigenvalue weighted by Gasteiger charge is 2.33. The molecule has 0 bridgehead atoms. The number of alkyl halides is 3. The minimum Gasteiger partial charge on any atom is -0.398 e. The number of halogens is 4. The molecule has 2 N–H and O–H groups in total. The van der Waals surface area contributed by atoms with Crippen LogP contribution in [0.2, 0.25) is 5.02 Å². The lowest BCUT2D eigenvalue weighted by Gasteiger charge is -2.35. The van der Waals surface area contributed by atoms with Crippen molar-refractivity contribution in [3.05, 3.63) is 28.8 Å². The molecule has 1 aliphatic heterocycles. The van der Waals surface area contributed by atoms with E-state index in [0.717, 1.165) is 0 Å². The number of hydrogen-bond donors (Lipinski definition) is 1. The lowest BCUT2D eigenvalue weighted by molar-refractivity contribution is -0.148. The summed E-state index contributed by atoms with van der Waals surface area (Å²) < 4.78 is 36.9. The molecule has 0 atom stereocenters. The molecular formula is C13H15ClF3N3O. The third-order valence-electron chi connectivity index (χ3n) is 3.31. The Hall–Kier alpha value is -1.47. The summed E-state index contributed by atoms with van der Waals surface area (Å²) in [5.41, 5.74) is 6.34. The Kier molecular flexibility index (Phi) is 4.63. The van der Waals surface area contributed by atoms with Crippen LogP contribution in [0.25, 0.3) is 0 Å². The van der Waals surface area contributed by atoms with E-state index in [1.807, 2.05) is 0 Å². The van der Waals surface area contributed by atoms with Crippen molar-refractivity contribution in [2.75, 3.05) is 38.5 Å². The molecule has 0 spiro atoms. The van der Waals surface area contributed by atoms with Gasteiger partial charge in [-0.25, -0.2) is 0 Å². The summed E-state index contributed by atoms with van der Waals surface area (Å²) in [6.07, 6.45) is -4.21. The fourth-order valence-corrected chi connectivity index (χ4v) is 2.34. The van der Waals surface area contributed by atoms with Gasteiger partial charge in [0, 0.05) is 31.7 Å². The van der Waals surface area contributed by atoms with Crippen LogP contribution >= 0.6 is 11.6 Å². The molecule has 1 aromatic carbocycles. The van der Waals surface area contributed by atoms with Crippen molar-refractivity contribution in [2.45, 2.75) is 6.18 Å². The lowest BCUT2D eigenvalue weighted by atomic mass is 10.1. The van der Waals surface area contributed by atoms with Gasteiger partial charge in [0.1, 0.15) is 0 Å². The maximum Gasteiger partial charge on any atom is 0.401 e. The number of nitrogens with two attached hydrogens (primary N) is 1. The van der Waals surface area contributed by atoms with Gasteiger partial charge in [-0.1, -0.05) is 11.6 Å². The number of hydrogen-bond acceptors (Lipinski definition) is 3. The summed E-state index contributed by atoms with van der Waals surface area (Å²) in [6, 6.07) is 4.57. The molecule has 1 heterocycles. The standard InChI is InChI=1S/C13H15ClF3N3O/c14-10-2-1-9(7-11(10)18)12(21)20-5-3-19(4-6-20)8-13(15,16)17/h1-2,7H,3-6,8,18H2. The Morgan fingerprint density at radius 2 is 1.86 bits per heavy atom. The van der Waals surface area contributed by atoms with Gasteiger partial charge < -0.3 is 10.6 Å². The maximum absolute atomic E-state index is 12.3. The van der Waals surface area contributed by atoms with Crippen molar-refractivity contribution >= 4 is 23.2 Å². The number of carbonyl (C=O) groups excluding carboxylic acids is 1. The second-order valence-electron chi connectivity index (χ2n) is 4.92. The van der Waals surface area contributed by atoms with E-state index in [-0.39, 0.29) is 32.1 Å². The molecule has 0 aromatic heterocycles. The molecule has 0 radical (unpaired) electrons. The summed E-state index contributed by atoms with van der Waals surface area (Å²) in [5, 5.41) is 0.363. The molecular weight excluding hydrogens is 307 g/mol. The van der Waals surface area contributed by atoms with Crippen molar-refractivity contribution < 1.29 is 18.0 Å². The number of carbonyl (C=O) groups is 1. The van der Waals surface area contributed by atoms with Crippen LogP contribution in [0.1, 0.15) is 10.4 Å². The number of piperazine rings is 1. The molecule has 1 aromatic rings. The molecule has 116 valence electrons. The van der Waals surface area contributed by atoms with Gasteiger partial charge in [-0.05, 0) is 18.2 Å². The first-order valence-corrected chi connectivity index (χ1v) is 6.77. The summed E-state index contributed by atoms with van der Waals surface area (Å²) in [5.74, 6) is -0.245. The highest BCUT2D eigenvalue weighted by molar-refractivity contribution is 6.33. The fourth-order valence-electron chi connectivity index (χ4n) is 2.22. The summed E-state index contributed by atoms with van der Waals surface area (Å²) in [6.45, 7) is -0.0134. The lowest BCUT2D eigenvalue weighted by Crippen LogP contribution is -2.50. The molecule has 1 amide bonds. The van der Waals surface area contributed by atoms with E-state index in [9.17, 15) is 18.0 Å². The molecule has 2 rings (SSSR count). The van der Waals surface area contributed by atoms with Crippen molar-refractivity contribution in [2.24, 2.45) is 0 Å². The summed E-state index contributed by atoms with van der Waals surface area (Å²) in [7, 11) is 0. The largest absolute Gasteiger partial charge is 0.401 e. The van der Waals surface area contributed by atoms with Gasteiger partial charge in [0.15, 0.2) is 0 Å². The Morgan fingerprint density at radius 1 is 1.24 bits per heavy atom. The number of rotatable bonds is 2. The maximum atomic E-state index is 12.3. The predicted molar refractivity (Wildman–Crippen MR) is 74.3 cm³/mol. The topological polar surface area (TPSA) is 49.6 Å². The van der Waals surface area contributed by atoms with Gasteiger partial charge in [0.05, 0.1) is 17.3 Å². The molecule has 8 heteroatoms. The molecule has 1 fully saturated rings. The van der Waals surface area contributed by atoms with E-state index in [0.29, 0.717) is 16.3 Å².